The van der Waals surface area contributed by atoms with Crippen molar-refractivity contribution in [1.82, 2.24) is 15.0 Å². The van der Waals surface area contributed by atoms with Crippen LogP contribution in [0.5, 0.6) is 0 Å². The highest BCUT2D eigenvalue weighted by molar-refractivity contribution is 5.97. The Bertz CT molecular complexity index is 3020. The average Bonchev–Trinajstić information content (AvgIpc) is 3.66. The van der Waals surface area contributed by atoms with Gasteiger partial charge in [-0.05, 0) is 91.0 Å². The molecule has 1 aliphatic carbocycles. The fraction of sp³-hybridized carbons (Fsp3) is 0.0172. The van der Waals surface area contributed by atoms with Gasteiger partial charge in [-0.3, -0.25) is 0 Å². The van der Waals surface area contributed by atoms with Crippen molar-refractivity contribution < 1.29 is 0 Å². The molecule has 0 N–H and O–H groups in total. The summed E-state index contributed by atoms with van der Waals surface area (Å²) in [7, 11) is 0. The van der Waals surface area contributed by atoms with Gasteiger partial charge in [0.05, 0.1) is 5.41 Å². The lowest BCUT2D eigenvalue weighted by atomic mass is 9.67. The second-order valence-corrected chi connectivity index (χ2v) is 15.5. The zero-order chi connectivity index (χ0) is 40.6. The van der Waals surface area contributed by atoms with Gasteiger partial charge in [0.2, 0.25) is 0 Å². The Kier molecular flexibility index (Phi) is 9.05. The Morgan fingerprint density at radius 3 is 1.15 bits per heavy atom. The smallest absolute Gasteiger partial charge is 0.164 e. The minimum absolute atomic E-state index is 0.610. The molecule has 0 fully saturated rings. The van der Waals surface area contributed by atoms with Crippen LogP contribution in [0, 0.1) is 0 Å². The summed E-state index contributed by atoms with van der Waals surface area (Å²) in [5.41, 5.74) is 16.0. The summed E-state index contributed by atoms with van der Waals surface area (Å²) in [4.78, 5) is 16.2. The standard InChI is InChI=1S/C58H39N3/c1-6-20-40(21-7-1)43-26-18-28-45(36-43)55-59-56(46-29-19-27-44(37-46)41-22-8-2-9-23-41)61-57(60-55)51-38-47(42-24-10-3-11-25-42)39-53-54(51)50-34-16-17-35-52(50)58(53,48-30-12-4-13-31-48)49-32-14-5-15-33-49/h1-39H. The van der Waals surface area contributed by atoms with Crippen LogP contribution in [0.1, 0.15) is 22.3 Å². The Balaban J connectivity index is 1.23. The molecular weight excluding hydrogens is 739 g/mol. The molecule has 10 aromatic rings. The Morgan fingerprint density at radius 2 is 0.639 bits per heavy atom. The van der Waals surface area contributed by atoms with Gasteiger partial charge in [0, 0.05) is 16.7 Å². The Labute approximate surface area is 356 Å². The van der Waals surface area contributed by atoms with Crippen LogP contribution in [-0.4, -0.2) is 15.0 Å². The molecule has 0 bridgehead atoms. The topological polar surface area (TPSA) is 38.7 Å². The minimum atomic E-state index is -0.610. The predicted octanol–water partition coefficient (Wildman–Crippen LogP) is 14.2. The van der Waals surface area contributed by atoms with Crippen molar-refractivity contribution >= 4 is 0 Å². The van der Waals surface area contributed by atoms with E-state index < -0.39 is 5.41 Å². The molecule has 61 heavy (non-hydrogen) atoms. The van der Waals surface area contributed by atoms with Crippen molar-refractivity contribution in [3.8, 4) is 78.7 Å². The maximum Gasteiger partial charge on any atom is 0.164 e. The molecule has 1 heterocycles. The monoisotopic (exact) mass is 777 g/mol. The lowest BCUT2D eigenvalue weighted by molar-refractivity contribution is 0.769. The van der Waals surface area contributed by atoms with Crippen LogP contribution in [0.3, 0.4) is 0 Å². The summed E-state index contributed by atoms with van der Waals surface area (Å²) in [5, 5.41) is 0. The SMILES string of the molecule is c1ccc(-c2cccc(-c3nc(-c4cccc(-c5ccccc5)c4)nc(-c4cc(-c5ccccc5)cc5c4-c4ccccc4C5(c4ccccc4)c4ccccc4)n3)c2)cc1. The number of nitrogens with zero attached hydrogens (tertiary/aromatic N) is 3. The molecule has 286 valence electrons. The third kappa shape index (κ3) is 6.35. The quantitative estimate of drug-likeness (QED) is 0.154. The van der Waals surface area contributed by atoms with Crippen LogP contribution < -0.4 is 0 Å². The summed E-state index contributed by atoms with van der Waals surface area (Å²) >= 11 is 0. The van der Waals surface area contributed by atoms with Crippen molar-refractivity contribution in [1.29, 1.82) is 0 Å². The summed E-state index contributed by atoms with van der Waals surface area (Å²) < 4.78 is 0. The second-order valence-electron chi connectivity index (χ2n) is 15.5. The van der Waals surface area contributed by atoms with Crippen molar-refractivity contribution in [2.24, 2.45) is 0 Å². The molecule has 0 radical (unpaired) electrons. The van der Waals surface area contributed by atoms with Gasteiger partial charge in [-0.2, -0.15) is 0 Å². The van der Waals surface area contributed by atoms with E-state index in [9.17, 15) is 0 Å². The minimum Gasteiger partial charge on any atom is -0.208 e. The molecule has 0 spiro atoms. The number of hydrogen-bond acceptors (Lipinski definition) is 3. The third-order valence-electron chi connectivity index (χ3n) is 12.0. The van der Waals surface area contributed by atoms with E-state index in [1.54, 1.807) is 0 Å². The van der Waals surface area contributed by atoms with E-state index >= 15 is 0 Å². The van der Waals surface area contributed by atoms with E-state index in [0.29, 0.717) is 17.5 Å². The first kappa shape index (κ1) is 36.1. The van der Waals surface area contributed by atoms with Gasteiger partial charge >= 0.3 is 0 Å². The number of benzene rings is 9. The molecule has 0 aliphatic heterocycles. The summed E-state index contributed by atoms with van der Waals surface area (Å²) in [6.45, 7) is 0. The maximum absolute atomic E-state index is 5.47. The lowest BCUT2D eigenvalue weighted by Gasteiger charge is -2.34. The first-order valence-corrected chi connectivity index (χ1v) is 20.8. The second kappa shape index (κ2) is 15.3. The first-order chi connectivity index (χ1) is 30.2. The van der Waals surface area contributed by atoms with Gasteiger partial charge in [0.15, 0.2) is 17.5 Å². The molecule has 0 amide bonds. The molecule has 3 heteroatoms. The van der Waals surface area contributed by atoms with Crippen LogP contribution in [0.2, 0.25) is 0 Å². The zero-order valence-electron chi connectivity index (χ0n) is 33.4. The molecule has 0 saturated heterocycles. The van der Waals surface area contributed by atoms with Crippen LogP contribution in [0.15, 0.2) is 237 Å². The lowest BCUT2D eigenvalue weighted by Crippen LogP contribution is -2.28. The summed E-state index contributed by atoms with van der Waals surface area (Å²) in [6.07, 6.45) is 0. The predicted molar refractivity (Wildman–Crippen MR) is 250 cm³/mol. The third-order valence-corrected chi connectivity index (χ3v) is 12.0. The largest absolute Gasteiger partial charge is 0.208 e. The molecule has 11 rings (SSSR count). The number of fused-ring (bicyclic) bond motifs is 3. The number of aromatic nitrogens is 3. The van der Waals surface area contributed by atoms with Crippen LogP contribution in [0.4, 0.5) is 0 Å². The number of hydrogen-bond donors (Lipinski definition) is 0. The van der Waals surface area contributed by atoms with Crippen molar-refractivity contribution in [3.05, 3.63) is 259 Å². The molecule has 0 atom stereocenters. The number of rotatable bonds is 8. The van der Waals surface area contributed by atoms with Crippen molar-refractivity contribution in [3.63, 3.8) is 0 Å². The highest BCUT2D eigenvalue weighted by Crippen LogP contribution is 2.59. The fourth-order valence-electron chi connectivity index (χ4n) is 9.23. The van der Waals surface area contributed by atoms with Crippen LogP contribution in [0.25, 0.3) is 78.7 Å². The molecule has 1 aromatic heterocycles. The van der Waals surface area contributed by atoms with Gasteiger partial charge < -0.3 is 0 Å². The molecular formula is C58H39N3. The summed E-state index contributed by atoms with van der Waals surface area (Å²) in [6, 6.07) is 84.1. The van der Waals surface area contributed by atoms with Crippen molar-refractivity contribution in [2.75, 3.05) is 0 Å². The van der Waals surface area contributed by atoms with E-state index in [0.717, 1.165) is 55.6 Å². The Morgan fingerprint density at radius 1 is 0.246 bits per heavy atom. The van der Waals surface area contributed by atoms with Crippen LogP contribution >= 0.6 is 0 Å². The van der Waals surface area contributed by atoms with E-state index in [4.69, 9.17) is 15.0 Å². The zero-order valence-corrected chi connectivity index (χ0v) is 33.4. The Hall–Kier alpha value is -8.01. The van der Waals surface area contributed by atoms with E-state index in [-0.39, 0.29) is 0 Å². The van der Waals surface area contributed by atoms with Crippen LogP contribution in [-0.2, 0) is 5.41 Å². The van der Waals surface area contributed by atoms with Crippen molar-refractivity contribution in [2.45, 2.75) is 5.41 Å². The maximum atomic E-state index is 5.47. The molecule has 1 aliphatic rings. The van der Waals surface area contributed by atoms with E-state index in [2.05, 4.69) is 224 Å². The molecule has 9 aromatic carbocycles. The van der Waals surface area contributed by atoms with Gasteiger partial charge in [0.25, 0.3) is 0 Å². The van der Waals surface area contributed by atoms with Gasteiger partial charge in [0.1, 0.15) is 0 Å². The first-order valence-electron chi connectivity index (χ1n) is 20.8. The highest BCUT2D eigenvalue weighted by Gasteiger charge is 2.47. The highest BCUT2D eigenvalue weighted by atomic mass is 15.0. The van der Waals surface area contributed by atoms with Gasteiger partial charge in [-0.25, -0.2) is 15.0 Å². The van der Waals surface area contributed by atoms with E-state index in [1.165, 1.54) is 27.8 Å². The average molecular weight is 778 g/mol. The van der Waals surface area contributed by atoms with Gasteiger partial charge in [-0.1, -0.05) is 212 Å². The molecule has 0 unspecified atom stereocenters. The summed E-state index contributed by atoms with van der Waals surface area (Å²) in [5.74, 6) is 1.85. The van der Waals surface area contributed by atoms with Gasteiger partial charge in [-0.15, -0.1) is 0 Å². The normalized spacial score (nSPS) is 12.4. The fourth-order valence-corrected chi connectivity index (χ4v) is 9.23. The van der Waals surface area contributed by atoms with E-state index in [1.807, 2.05) is 12.1 Å². The molecule has 0 saturated carbocycles. The molecule has 3 nitrogen and oxygen atoms in total.